The van der Waals surface area contributed by atoms with Crippen molar-refractivity contribution in [2.45, 2.75) is 6.04 Å². The lowest BCUT2D eigenvalue weighted by atomic mass is 10.2. The molecule has 0 radical (unpaired) electrons. The van der Waals surface area contributed by atoms with Crippen LogP contribution in [-0.4, -0.2) is 23.6 Å². The Morgan fingerprint density at radius 2 is 2.45 bits per heavy atom. The number of aromatic nitrogens is 1. The Balaban J connectivity index is 2.21. The zero-order chi connectivity index (χ0) is 14.5. The van der Waals surface area contributed by atoms with Crippen LogP contribution in [0.3, 0.4) is 0 Å². The average Bonchev–Trinajstić information content (AvgIpc) is 2.94. The van der Waals surface area contributed by atoms with Gasteiger partial charge in [0.05, 0.1) is 22.3 Å². The topological polar surface area (TPSA) is 90.4 Å². The molecule has 0 aliphatic rings. The van der Waals surface area contributed by atoms with Gasteiger partial charge >= 0.3 is 0 Å². The smallest absolute Gasteiger partial charge is 0.288 e. The van der Waals surface area contributed by atoms with Gasteiger partial charge in [0.15, 0.2) is 0 Å². The first-order chi connectivity index (χ1) is 9.61. The van der Waals surface area contributed by atoms with Crippen molar-refractivity contribution in [3.63, 3.8) is 0 Å². The Morgan fingerprint density at radius 3 is 3.00 bits per heavy atom. The molecule has 2 aromatic rings. The summed E-state index contributed by atoms with van der Waals surface area (Å²) >= 11 is 3.26. The molecule has 1 N–H and O–H groups in total. The van der Waals surface area contributed by atoms with Crippen LogP contribution in [-0.2, 0) is 4.74 Å². The summed E-state index contributed by atoms with van der Waals surface area (Å²) in [6.07, 6.45) is 2.76. The number of methoxy groups -OCH3 is 1. The summed E-state index contributed by atoms with van der Waals surface area (Å²) in [7, 11) is 1.58. The molecule has 8 heteroatoms. The van der Waals surface area contributed by atoms with E-state index in [9.17, 15) is 10.1 Å². The molecule has 0 aliphatic carbocycles. The van der Waals surface area contributed by atoms with Crippen LogP contribution < -0.4 is 5.32 Å². The summed E-state index contributed by atoms with van der Waals surface area (Å²) in [6, 6.07) is 4.75. The van der Waals surface area contributed by atoms with E-state index in [-0.39, 0.29) is 11.7 Å². The third-order valence-electron chi connectivity index (χ3n) is 2.57. The molecular weight excluding hydrogens is 330 g/mol. The zero-order valence-electron chi connectivity index (χ0n) is 10.6. The molecule has 0 spiro atoms. The fourth-order valence-electron chi connectivity index (χ4n) is 1.65. The van der Waals surface area contributed by atoms with Gasteiger partial charge in [-0.1, -0.05) is 0 Å². The van der Waals surface area contributed by atoms with E-state index in [1.807, 2.05) is 6.07 Å². The maximum atomic E-state index is 10.7. The fraction of sp³-hybridized carbons (Fsp3) is 0.250. The number of pyridine rings is 1. The molecule has 1 atom stereocenters. The molecule has 0 amide bonds. The average molecular weight is 342 g/mol. The third-order valence-corrected chi connectivity index (χ3v) is 3.17. The van der Waals surface area contributed by atoms with Crippen molar-refractivity contribution in [1.82, 2.24) is 4.98 Å². The van der Waals surface area contributed by atoms with Crippen LogP contribution in [0.15, 0.2) is 39.5 Å². The molecule has 0 fully saturated rings. The lowest BCUT2D eigenvalue weighted by Gasteiger charge is -2.17. The van der Waals surface area contributed by atoms with E-state index in [0.29, 0.717) is 22.7 Å². The van der Waals surface area contributed by atoms with Gasteiger partial charge < -0.3 is 14.5 Å². The van der Waals surface area contributed by atoms with Gasteiger partial charge in [-0.05, 0) is 28.1 Å². The van der Waals surface area contributed by atoms with Crippen molar-refractivity contribution in [2.75, 3.05) is 19.0 Å². The number of furan rings is 1. The quantitative estimate of drug-likeness (QED) is 0.641. The minimum absolute atomic E-state index is 0.0799. The van der Waals surface area contributed by atoms with Gasteiger partial charge in [-0.2, -0.15) is 0 Å². The molecule has 0 aliphatic heterocycles. The van der Waals surface area contributed by atoms with E-state index in [2.05, 4.69) is 26.2 Å². The molecule has 1 unspecified atom stereocenters. The Bertz CT molecular complexity index is 588. The summed E-state index contributed by atoms with van der Waals surface area (Å²) in [4.78, 5) is 14.2. The second-order valence-corrected chi connectivity index (χ2v) is 4.80. The van der Waals surface area contributed by atoms with Crippen LogP contribution in [0.1, 0.15) is 11.8 Å². The van der Waals surface area contributed by atoms with Crippen molar-refractivity contribution in [2.24, 2.45) is 0 Å². The van der Waals surface area contributed by atoms with E-state index < -0.39 is 4.92 Å². The molecule has 2 aromatic heterocycles. The van der Waals surface area contributed by atoms with Crippen LogP contribution in [0.25, 0.3) is 0 Å². The predicted molar refractivity (Wildman–Crippen MR) is 75.5 cm³/mol. The van der Waals surface area contributed by atoms with E-state index in [4.69, 9.17) is 9.15 Å². The Hall–Kier alpha value is -1.93. The highest BCUT2D eigenvalue weighted by molar-refractivity contribution is 9.10. The van der Waals surface area contributed by atoms with Gasteiger partial charge in [0.1, 0.15) is 23.8 Å². The van der Waals surface area contributed by atoms with E-state index >= 15 is 0 Å². The number of hydrogen-bond donors (Lipinski definition) is 1. The minimum Gasteiger partial charge on any atom is -0.467 e. The number of halogens is 1. The van der Waals surface area contributed by atoms with Crippen molar-refractivity contribution < 1.29 is 14.1 Å². The number of anilines is 1. The van der Waals surface area contributed by atoms with Gasteiger partial charge in [-0.15, -0.1) is 0 Å². The van der Waals surface area contributed by atoms with E-state index in [1.165, 1.54) is 12.3 Å². The normalized spacial score (nSPS) is 12.1. The lowest BCUT2D eigenvalue weighted by Crippen LogP contribution is -2.16. The van der Waals surface area contributed by atoms with Gasteiger partial charge in [-0.3, -0.25) is 10.1 Å². The zero-order valence-corrected chi connectivity index (χ0v) is 12.2. The van der Waals surface area contributed by atoms with Gasteiger partial charge in [0, 0.05) is 13.2 Å². The molecule has 0 bridgehead atoms. The van der Waals surface area contributed by atoms with Gasteiger partial charge in [0.25, 0.3) is 5.69 Å². The maximum Gasteiger partial charge on any atom is 0.288 e. The number of hydrogen-bond acceptors (Lipinski definition) is 6. The van der Waals surface area contributed by atoms with Crippen molar-refractivity contribution in [3.05, 3.63) is 51.0 Å². The summed E-state index contributed by atoms with van der Waals surface area (Å²) in [5, 5.41) is 13.8. The molecule has 7 nitrogen and oxygen atoms in total. The van der Waals surface area contributed by atoms with Crippen LogP contribution >= 0.6 is 15.9 Å². The van der Waals surface area contributed by atoms with E-state index in [0.717, 1.165) is 0 Å². The lowest BCUT2D eigenvalue weighted by molar-refractivity contribution is -0.385. The number of rotatable bonds is 6. The second-order valence-electron chi connectivity index (χ2n) is 3.95. The van der Waals surface area contributed by atoms with E-state index in [1.54, 1.807) is 19.4 Å². The van der Waals surface area contributed by atoms with Crippen LogP contribution in [0.2, 0.25) is 0 Å². The predicted octanol–water partition coefficient (Wildman–Crippen LogP) is 3.14. The molecule has 0 saturated heterocycles. The van der Waals surface area contributed by atoms with Gasteiger partial charge in [-0.25, -0.2) is 4.98 Å². The molecule has 2 heterocycles. The van der Waals surface area contributed by atoms with Crippen LogP contribution in [0.5, 0.6) is 0 Å². The monoisotopic (exact) mass is 341 g/mol. The van der Waals surface area contributed by atoms with Crippen molar-refractivity contribution in [3.8, 4) is 0 Å². The Morgan fingerprint density at radius 1 is 1.65 bits per heavy atom. The van der Waals surface area contributed by atoms with Gasteiger partial charge in [0.2, 0.25) is 0 Å². The summed E-state index contributed by atoms with van der Waals surface area (Å²) in [6.45, 7) is 0.374. The molecule has 106 valence electrons. The Labute approximate surface area is 123 Å². The summed E-state index contributed by atoms with van der Waals surface area (Å²) in [5.41, 5.74) is -0.0799. The Kier molecular flexibility index (Phi) is 4.70. The number of ether oxygens (including phenoxy) is 1. The first-order valence-corrected chi connectivity index (χ1v) is 6.50. The molecular formula is C12H12BrN3O4. The molecule has 0 saturated carbocycles. The highest BCUT2D eigenvalue weighted by atomic mass is 79.9. The standard InChI is InChI=1S/C12H12BrN3O4/c1-19-7-10(11-3-2-4-20-11)15-12-9(13)5-8(6-14-12)16(17)18/h2-6,10H,7H2,1H3,(H,14,15). The van der Waals surface area contributed by atoms with Crippen LogP contribution in [0.4, 0.5) is 11.5 Å². The largest absolute Gasteiger partial charge is 0.467 e. The van der Waals surface area contributed by atoms with Crippen molar-refractivity contribution >= 4 is 27.4 Å². The molecule has 0 aromatic carbocycles. The number of nitro groups is 1. The van der Waals surface area contributed by atoms with Crippen LogP contribution in [0, 0.1) is 10.1 Å². The summed E-state index contributed by atoms with van der Waals surface area (Å²) in [5.74, 6) is 1.17. The number of nitrogens with zero attached hydrogens (tertiary/aromatic N) is 2. The second kappa shape index (κ2) is 6.49. The molecule has 20 heavy (non-hydrogen) atoms. The summed E-state index contributed by atoms with van der Waals surface area (Å²) < 4.78 is 11.0. The third kappa shape index (κ3) is 3.34. The first kappa shape index (κ1) is 14.5. The van der Waals surface area contributed by atoms with Crippen molar-refractivity contribution in [1.29, 1.82) is 0 Å². The maximum absolute atomic E-state index is 10.7. The number of nitrogens with one attached hydrogen (secondary N) is 1. The first-order valence-electron chi connectivity index (χ1n) is 5.70. The minimum atomic E-state index is -0.499. The highest BCUT2D eigenvalue weighted by Gasteiger charge is 2.17. The highest BCUT2D eigenvalue weighted by Crippen LogP contribution is 2.28. The SMILES string of the molecule is COCC(Nc1ncc([N+](=O)[O-])cc1Br)c1ccco1. The fourth-order valence-corrected chi connectivity index (χ4v) is 2.10. The molecule has 2 rings (SSSR count).